The van der Waals surface area contributed by atoms with Crippen molar-refractivity contribution in [3.63, 3.8) is 0 Å². The Labute approximate surface area is 147 Å². The van der Waals surface area contributed by atoms with E-state index < -0.39 is 0 Å². The van der Waals surface area contributed by atoms with E-state index in [1.54, 1.807) is 0 Å². The zero-order chi connectivity index (χ0) is 17.8. The van der Waals surface area contributed by atoms with Gasteiger partial charge in [0.25, 0.3) is 0 Å². The number of carbonyl (C=O) groups is 2. The first-order valence-corrected chi connectivity index (χ1v) is 8.61. The van der Waals surface area contributed by atoms with Gasteiger partial charge in [-0.2, -0.15) is 0 Å². The van der Waals surface area contributed by atoms with Crippen molar-refractivity contribution in [2.75, 3.05) is 5.32 Å². The predicted octanol–water partition coefficient (Wildman–Crippen LogP) is 2.68. The topological polar surface area (TPSA) is 84.2 Å². The van der Waals surface area contributed by atoms with Crippen molar-refractivity contribution in [3.8, 4) is 0 Å². The second-order valence-corrected chi connectivity index (χ2v) is 6.57. The molecule has 1 aliphatic rings. The van der Waals surface area contributed by atoms with Crippen LogP contribution in [-0.2, 0) is 22.4 Å². The van der Waals surface area contributed by atoms with Gasteiger partial charge >= 0.3 is 0 Å². The molecule has 1 fully saturated rings. The van der Waals surface area contributed by atoms with Crippen LogP contribution in [0.3, 0.4) is 0 Å². The minimum atomic E-state index is -0.0563. The number of aromatic nitrogens is 1. The van der Waals surface area contributed by atoms with Gasteiger partial charge < -0.3 is 15.2 Å². The maximum absolute atomic E-state index is 12.1. The number of anilines is 1. The number of carbonyl (C=O) groups excluding carboxylic acids is 2. The van der Waals surface area contributed by atoms with Gasteiger partial charge in [0.15, 0.2) is 0 Å². The molecule has 0 radical (unpaired) electrons. The van der Waals surface area contributed by atoms with Gasteiger partial charge in [0.1, 0.15) is 5.76 Å². The van der Waals surface area contributed by atoms with Gasteiger partial charge in [-0.3, -0.25) is 9.59 Å². The molecule has 1 saturated carbocycles. The normalized spacial score (nSPS) is 13.5. The fourth-order valence-corrected chi connectivity index (χ4v) is 2.72. The Balaban J connectivity index is 1.47. The molecule has 1 heterocycles. The van der Waals surface area contributed by atoms with Crippen molar-refractivity contribution in [3.05, 3.63) is 46.8 Å². The fourth-order valence-electron chi connectivity index (χ4n) is 2.72. The Hall–Kier alpha value is -2.63. The van der Waals surface area contributed by atoms with E-state index in [9.17, 15) is 9.59 Å². The van der Waals surface area contributed by atoms with Crippen LogP contribution < -0.4 is 10.6 Å². The smallest absolute Gasteiger partial charge is 0.224 e. The molecule has 2 aromatic rings. The maximum atomic E-state index is 12.1. The molecule has 0 spiro atoms. The summed E-state index contributed by atoms with van der Waals surface area (Å²) in [5, 5.41) is 9.74. The molecule has 2 N–H and O–H groups in total. The van der Waals surface area contributed by atoms with E-state index in [4.69, 9.17) is 4.52 Å². The third kappa shape index (κ3) is 4.92. The molecule has 0 aliphatic heterocycles. The molecule has 1 aromatic heterocycles. The van der Waals surface area contributed by atoms with Crippen LogP contribution in [0.4, 0.5) is 5.69 Å². The monoisotopic (exact) mass is 341 g/mol. The van der Waals surface area contributed by atoms with Crippen molar-refractivity contribution >= 4 is 17.5 Å². The Kier molecular flexibility index (Phi) is 5.16. The van der Waals surface area contributed by atoms with E-state index in [1.165, 1.54) is 0 Å². The zero-order valence-electron chi connectivity index (χ0n) is 14.6. The number of benzene rings is 1. The molecule has 0 bridgehead atoms. The highest BCUT2D eigenvalue weighted by Crippen LogP contribution is 2.19. The summed E-state index contributed by atoms with van der Waals surface area (Å²) in [5.74, 6) is 0.761. The summed E-state index contributed by atoms with van der Waals surface area (Å²) in [7, 11) is 0. The van der Waals surface area contributed by atoms with Crippen LogP contribution in [0.25, 0.3) is 0 Å². The van der Waals surface area contributed by atoms with Crippen molar-refractivity contribution in [2.45, 2.75) is 52.0 Å². The van der Waals surface area contributed by atoms with E-state index >= 15 is 0 Å². The van der Waals surface area contributed by atoms with Crippen LogP contribution in [0.15, 0.2) is 28.8 Å². The van der Waals surface area contributed by atoms with E-state index in [2.05, 4.69) is 15.8 Å². The Morgan fingerprint density at radius 2 is 1.88 bits per heavy atom. The van der Waals surface area contributed by atoms with Gasteiger partial charge in [-0.25, -0.2) is 0 Å². The average molecular weight is 341 g/mol. The molecule has 0 saturated heterocycles. The number of nitrogens with zero attached hydrogens (tertiary/aromatic N) is 1. The SMILES string of the molecule is Cc1noc(C)c1CCC(=O)Nc1ccc(CC(=O)NC2CC2)cc1. The van der Waals surface area contributed by atoms with Gasteiger partial charge in [0, 0.05) is 23.7 Å². The highest BCUT2D eigenvalue weighted by molar-refractivity contribution is 5.91. The number of aryl methyl sites for hydroxylation is 2. The summed E-state index contributed by atoms with van der Waals surface area (Å²) < 4.78 is 5.10. The summed E-state index contributed by atoms with van der Waals surface area (Å²) >= 11 is 0. The second kappa shape index (κ2) is 7.51. The molecule has 132 valence electrons. The molecule has 1 aromatic carbocycles. The van der Waals surface area contributed by atoms with Crippen LogP contribution in [0.5, 0.6) is 0 Å². The van der Waals surface area contributed by atoms with Crippen LogP contribution >= 0.6 is 0 Å². The Bertz CT molecular complexity index is 741. The number of rotatable bonds is 7. The lowest BCUT2D eigenvalue weighted by molar-refractivity contribution is -0.120. The highest BCUT2D eigenvalue weighted by Gasteiger charge is 2.23. The highest BCUT2D eigenvalue weighted by atomic mass is 16.5. The van der Waals surface area contributed by atoms with Crippen LogP contribution in [-0.4, -0.2) is 23.0 Å². The van der Waals surface area contributed by atoms with Gasteiger partial charge in [-0.05, 0) is 50.8 Å². The maximum Gasteiger partial charge on any atom is 0.224 e. The minimum Gasteiger partial charge on any atom is -0.361 e. The van der Waals surface area contributed by atoms with Crippen molar-refractivity contribution in [1.82, 2.24) is 10.5 Å². The third-order valence-electron chi connectivity index (χ3n) is 4.33. The van der Waals surface area contributed by atoms with Crippen LogP contribution in [0, 0.1) is 13.8 Å². The molecule has 6 heteroatoms. The van der Waals surface area contributed by atoms with Gasteiger partial charge in [0.05, 0.1) is 12.1 Å². The van der Waals surface area contributed by atoms with Gasteiger partial charge in [-0.1, -0.05) is 17.3 Å². The summed E-state index contributed by atoms with van der Waals surface area (Å²) in [6, 6.07) is 7.78. The summed E-state index contributed by atoms with van der Waals surface area (Å²) in [4.78, 5) is 23.9. The fraction of sp³-hybridized carbons (Fsp3) is 0.421. The van der Waals surface area contributed by atoms with E-state index in [0.29, 0.717) is 25.3 Å². The summed E-state index contributed by atoms with van der Waals surface area (Å²) in [6.45, 7) is 3.73. The number of hydrogen-bond donors (Lipinski definition) is 2. The average Bonchev–Trinajstić information content (AvgIpc) is 3.32. The summed E-state index contributed by atoms with van der Waals surface area (Å²) in [5.41, 5.74) is 3.49. The molecule has 6 nitrogen and oxygen atoms in total. The van der Waals surface area contributed by atoms with Crippen molar-refractivity contribution in [1.29, 1.82) is 0 Å². The van der Waals surface area contributed by atoms with Crippen molar-refractivity contribution in [2.24, 2.45) is 0 Å². The number of nitrogens with one attached hydrogen (secondary N) is 2. The molecule has 0 unspecified atom stereocenters. The molecule has 3 rings (SSSR count). The predicted molar refractivity (Wildman–Crippen MR) is 94.2 cm³/mol. The first-order valence-electron chi connectivity index (χ1n) is 8.61. The summed E-state index contributed by atoms with van der Waals surface area (Å²) in [6.07, 6.45) is 3.52. The minimum absolute atomic E-state index is 0.0544. The second-order valence-electron chi connectivity index (χ2n) is 6.57. The molecule has 2 amide bonds. The lowest BCUT2D eigenvalue weighted by Gasteiger charge is -2.07. The first kappa shape index (κ1) is 17.2. The number of amides is 2. The quantitative estimate of drug-likeness (QED) is 0.811. The Morgan fingerprint density at radius 3 is 2.48 bits per heavy atom. The standard InChI is InChI=1S/C19H23N3O3/c1-12-17(13(2)25-22-12)9-10-18(23)20-15-5-3-14(4-6-15)11-19(24)21-16-7-8-16/h3-6,16H,7-11H2,1-2H3,(H,20,23)(H,21,24). The number of hydrogen-bond acceptors (Lipinski definition) is 4. The molecular weight excluding hydrogens is 318 g/mol. The molecule has 25 heavy (non-hydrogen) atoms. The zero-order valence-corrected chi connectivity index (χ0v) is 14.6. The third-order valence-corrected chi connectivity index (χ3v) is 4.33. The molecule has 0 atom stereocenters. The molecular formula is C19H23N3O3. The van der Waals surface area contributed by atoms with E-state index in [-0.39, 0.29) is 11.8 Å². The lowest BCUT2D eigenvalue weighted by atomic mass is 10.1. The van der Waals surface area contributed by atoms with Crippen LogP contribution in [0.2, 0.25) is 0 Å². The van der Waals surface area contributed by atoms with Crippen molar-refractivity contribution < 1.29 is 14.1 Å². The Morgan fingerprint density at radius 1 is 1.16 bits per heavy atom. The first-order chi connectivity index (χ1) is 12.0. The molecule has 1 aliphatic carbocycles. The van der Waals surface area contributed by atoms with Crippen LogP contribution in [0.1, 0.15) is 41.8 Å². The van der Waals surface area contributed by atoms with Gasteiger partial charge in [-0.15, -0.1) is 0 Å². The lowest BCUT2D eigenvalue weighted by Crippen LogP contribution is -2.26. The largest absolute Gasteiger partial charge is 0.361 e. The van der Waals surface area contributed by atoms with E-state index in [0.717, 1.165) is 41.1 Å². The van der Waals surface area contributed by atoms with Gasteiger partial charge in [0.2, 0.25) is 11.8 Å². The van der Waals surface area contributed by atoms with E-state index in [1.807, 2.05) is 38.1 Å².